The molecule has 2 aromatic rings. The Balaban J connectivity index is 1.74. The number of fused-ring (bicyclic) bond motifs is 1. The Kier molecular flexibility index (Phi) is 4.41. The minimum atomic E-state index is -0.533. The fourth-order valence-electron chi connectivity index (χ4n) is 2.91. The second-order valence-electron chi connectivity index (χ2n) is 5.62. The summed E-state index contributed by atoms with van der Waals surface area (Å²) < 4.78 is 13.3. The Morgan fingerprint density at radius 2 is 2.08 bits per heavy atom. The Bertz CT molecular complexity index is 794. The van der Waals surface area contributed by atoms with Gasteiger partial charge in [-0.1, -0.05) is 12.1 Å². The lowest BCUT2D eigenvalue weighted by Crippen LogP contribution is -2.36. The molecule has 6 nitrogen and oxygen atoms in total. The van der Waals surface area contributed by atoms with Gasteiger partial charge >= 0.3 is 0 Å². The summed E-state index contributed by atoms with van der Waals surface area (Å²) in [6.45, 7) is 0.744. The van der Waals surface area contributed by atoms with E-state index in [4.69, 9.17) is 0 Å². The molecule has 1 amide bonds. The van der Waals surface area contributed by atoms with Crippen molar-refractivity contribution >= 4 is 23.0 Å². The van der Waals surface area contributed by atoms with Crippen molar-refractivity contribution in [2.75, 3.05) is 23.3 Å². The fraction of sp³-hybridized carbons (Fsp3) is 0.235. The highest BCUT2D eigenvalue weighted by Crippen LogP contribution is 2.28. The number of anilines is 2. The molecule has 124 valence electrons. The molecular formula is C17H16FN3O3. The first-order chi connectivity index (χ1) is 11.5. The molecule has 0 atom stereocenters. The number of benzene rings is 2. The molecule has 3 rings (SSSR count). The van der Waals surface area contributed by atoms with Crippen molar-refractivity contribution in [3.8, 4) is 0 Å². The number of carbonyl (C=O) groups excluding carboxylic acids is 1. The number of nitrogens with one attached hydrogen (secondary N) is 1. The van der Waals surface area contributed by atoms with Gasteiger partial charge in [0.15, 0.2) is 0 Å². The van der Waals surface area contributed by atoms with Crippen LogP contribution in [0.4, 0.5) is 21.5 Å². The number of carbonyl (C=O) groups is 1. The van der Waals surface area contributed by atoms with Gasteiger partial charge in [0, 0.05) is 18.3 Å². The van der Waals surface area contributed by atoms with E-state index < -0.39 is 4.92 Å². The van der Waals surface area contributed by atoms with Crippen LogP contribution in [0, 0.1) is 15.9 Å². The van der Waals surface area contributed by atoms with E-state index in [1.54, 1.807) is 18.2 Å². The summed E-state index contributed by atoms with van der Waals surface area (Å²) in [6, 6.07) is 10.5. The van der Waals surface area contributed by atoms with E-state index in [0.717, 1.165) is 24.1 Å². The van der Waals surface area contributed by atoms with E-state index in [9.17, 15) is 19.3 Å². The average Bonchev–Trinajstić information content (AvgIpc) is 2.55. The third kappa shape index (κ3) is 3.34. The molecule has 1 heterocycles. The maximum absolute atomic E-state index is 13.3. The van der Waals surface area contributed by atoms with E-state index in [-0.39, 0.29) is 29.6 Å². The van der Waals surface area contributed by atoms with Crippen molar-refractivity contribution in [2.45, 2.75) is 12.8 Å². The largest absolute Gasteiger partial charge is 0.362 e. The lowest BCUT2D eigenvalue weighted by atomic mass is 10.0. The SMILES string of the molecule is O=C(CN1CCCc2cc(F)ccc21)Nc1ccccc1[N+](=O)[O-]. The topological polar surface area (TPSA) is 75.5 Å². The van der Waals surface area contributed by atoms with Gasteiger partial charge in [0.25, 0.3) is 5.69 Å². The maximum atomic E-state index is 13.3. The molecule has 0 aromatic heterocycles. The van der Waals surface area contributed by atoms with Gasteiger partial charge in [-0.2, -0.15) is 0 Å². The van der Waals surface area contributed by atoms with Crippen LogP contribution >= 0.6 is 0 Å². The van der Waals surface area contributed by atoms with Crippen LogP contribution in [0.5, 0.6) is 0 Å². The van der Waals surface area contributed by atoms with Crippen molar-refractivity contribution in [1.82, 2.24) is 0 Å². The van der Waals surface area contributed by atoms with E-state index in [1.165, 1.54) is 24.3 Å². The highest BCUT2D eigenvalue weighted by molar-refractivity contribution is 5.96. The molecule has 0 saturated carbocycles. The molecule has 0 fully saturated rings. The highest BCUT2D eigenvalue weighted by atomic mass is 19.1. The summed E-state index contributed by atoms with van der Waals surface area (Å²) in [5.74, 6) is -0.638. The Labute approximate surface area is 138 Å². The van der Waals surface area contributed by atoms with Crippen molar-refractivity contribution in [3.63, 3.8) is 0 Å². The van der Waals surface area contributed by atoms with Crippen molar-refractivity contribution in [3.05, 3.63) is 64.0 Å². The summed E-state index contributed by atoms with van der Waals surface area (Å²) in [6.07, 6.45) is 1.60. The zero-order valence-corrected chi connectivity index (χ0v) is 12.9. The minimum Gasteiger partial charge on any atom is -0.362 e. The van der Waals surface area contributed by atoms with Gasteiger partial charge in [-0.25, -0.2) is 4.39 Å². The van der Waals surface area contributed by atoms with Crippen LogP contribution in [0.15, 0.2) is 42.5 Å². The number of para-hydroxylation sites is 2. The second-order valence-corrected chi connectivity index (χ2v) is 5.62. The van der Waals surface area contributed by atoms with Gasteiger partial charge in [-0.05, 0) is 42.7 Å². The number of amides is 1. The number of aryl methyl sites for hydroxylation is 1. The zero-order chi connectivity index (χ0) is 17.1. The smallest absolute Gasteiger partial charge is 0.292 e. The third-order valence-electron chi connectivity index (χ3n) is 3.97. The second kappa shape index (κ2) is 6.66. The summed E-state index contributed by atoms with van der Waals surface area (Å²) in [5.41, 5.74) is 1.73. The van der Waals surface area contributed by atoms with E-state index >= 15 is 0 Å². The Hall–Kier alpha value is -2.96. The molecule has 1 aliphatic heterocycles. The number of hydrogen-bond acceptors (Lipinski definition) is 4. The van der Waals surface area contributed by atoms with Gasteiger partial charge in [0.1, 0.15) is 11.5 Å². The normalized spacial score (nSPS) is 13.3. The third-order valence-corrected chi connectivity index (χ3v) is 3.97. The first-order valence-corrected chi connectivity index (χ1v) is 7.61. The zero-order valence-electron chi connectivity index (χ0n) is 12.9. The number of halogens is 1. The van der Waals surface area contributed by atoms with Crippen LogP contribution in [0.25, 0.3) is 0 Å². The average molecular weight is 329 g/mol. The number of hydrogen-bond donors (Lipinski definition) is 1. The van der Waals surface area contributed by atoms with Crippen molar-refractivity contribution in [2.24, 2.45) is 0 Å². The van der Waals surface area contributed by atoms with Crippen molar-refractivity contribution in [1.29, 1.82) is 0 Å². The molecule has 0 saturated heterocycles. The van der Waals surface area contributed by atoms with Crippen LogP contribution in [0.3, 0.4) is 0 Å². The monoisotopic (exact) mass is 329 g/mol. The fourth-order valence-corrected chi connectivity index (χ4v) is 2.91. The maximum Gasteiger partial charge on any atom is 0.292 e. The van der Waals surface area contributed by atoms with Gasteiger partial charge in [0.2, 0.25) is 5.91 Å². The predicted molar refractivity (Wildman–Crippen MR) is 88.7 cm³/mol. The number of rotatable bonds is 4. The van der Waals surface area contributed by atoms with Crippen LogP contribution in [-0.2, 0) is 11.2 Å². The van der Waals surface area contributed by atoms with E-state index in [2.05, 4.69) is 5.32 Å². The van der Waals surface area contributed by atoms with Gasteiger partial charge in [-0.3, -0.25) is 14.9 Å². The van der Waals surface area contributed by atoms with Crippen LogP contribution in [0.1, 0.15) is 12.0 Å². The summed E-state index contributed by atoms with van der Waals surface area (Å²) in [5, 5.41) is 13.6. The Morgan fingerprint density at radius 3 is 2.88 bits per heavy atom. The first kappa shape index (κ1) is 15.9. The van der Waals surface area contributed by atoms with Gasteiger partial charge < -0.3 is 10.2 Å². The molecule has 24 heavy (non-hydrogen) atoms. The molecule has 1 aliphatic rings. The Morgan fingerprint density at radius 1 is 1.29 bits per heavy atom. The molecule has 0 spiro atoms. The molecule has 0 aliphatic carbocycles. The van der Waals surface area contributed by atoms with Crippen LogP contribution < -0.4 is 10.2 Å². The molecular weight excluding hydrogens is 313 g/mol. The van der Waals surface area contributed by atoms with E-state index in [0.29, 0.717) is 6.54 Å². The number of nitro benzene ring substituents is 1. The molecule has 7 heteroatoms. The molecule has 1 N–H and O–H groups in total. The highest BCUT2D eigenvalue weighted by Gasteiger charge is 2.21. The molecule has 2 aromatic carbocycles. The first-order valence-electron chi connectivity index (χ1n) is 7.61. The van der Waals surface area contributed by atoms with Gasteiger partial charge in [-0.15, -0.1) is 0 Å². The summed E-state index contributed by atoms with van der Waals surface area (Å²) in [4.78, 5) is 24.6. The molecule has 0 radical (unpaired) electrons. The van der Waals surface area contributed by atoms with E-state index in [1.807, 2.05) is 4.90 Å². The summed E-state index contributed by atoms with van der Waals surface area (Å²) >= 11 is 0. The predicted octanol–water partition coefficient (Wildman–Crippen LogP) is 3.13. The molecule has 0 bridgehead atoms. The van der Waals surface area contributed by atoms with Crippen molar-refractivity contribution < 1.29 is 14.1 Å². The standard InChI is InChI=1S/C17H16FN3O3/c18-13-7-8-15-12(10-13)4-3-9-20(15)11-17(22)19-14-5-1-2-6-16(14)21(23)24/h1-2,5-8,10H,3-4,9,11H2,(H,19,22). The summed E-state index contributed by atoms with van der Waals surface area (Å²) in [7, 11) is 0. The quantitative estimate of drug-likeness (QED) is 0.691. The minimum absolute atomic E-state index is 0.0602. The van der Waals surface area contributed by atoms with Crippen LogP contribution in [-0.4, -0.2) is 23.9 Å². The lowest BCUT2D eigenvalue weighted by Gasteiger charge is -2.30. The molecule has 0 unspecified atom stereocenters. The number of nitrogens with zero attached hydrogens (tertiary/aromatic N) is 2. The lowest BCUT2D eigenvalue weighted by molar-refractivity contribution is -0.383. The van der Waals surface area contributed by atoms with Gasteiger partial charge in [0.05, 0.1) is 11.5 Å². The van der Waals surface area contributed by atoms with Crippen LogP contribution in [0.2, 0.25) is 0 Å². The number of nitro groups is 1.